The molecule has 7 nitrogen and oxygen atoms in total. The molecule has 0 aliphatic heterocycles. The number of hydrogen-bond donors (Lipinski definition) is 4. The Labute approximate surface area is 108 Å². The fraction of sp³-hybridized carbons (Fsp3) is 0.818. The average Bonchev–Trinajstić information content (AvgIpc) is 2.30. The van der Waals surface area contributed by atoms with Crippen LogP contribution in [0.2, 0.25) is 0 Å². The van der Waals surface area contributed by atoms with E-state index in [9.17, 15) is 9.59 Å². The number of ether oxygens (including phenoxy) is 1. The highest BCUT2D eigenvalue weighted by molar-refractivity contribution is 5.66. The Hall–Kier alpha value is -1.50. The standard InChI is InChI=1S/C6H13NO3.C5H11NO2/c1-2-10-6(9)7-4-3-5-8;1-2-3-4-6-5(7)8/h8H,2-5H2,1H3,(H,7,9);6H,2-4H2,1H3,(H,7,8). The second kappa shape index (κ2) is 15.5. The minimum atomic E-state index is -0.932. The van der Waals surface area contributed by atoms with Gasteiger partial charge in [0.1, 0.15) is 0 Å². The quantitative estimate of drug-likeness (QED) is 0.516. The van der Waals surface area contributed by atoms with Gasteiger partial charge in [0.2, 0.25) is 0 Å². The molecule has 4 N–H and O–H groups in total. The molecule has 18 heavy (non-hydrogen) atoms. The van der Waals surface area contributed by atoms with E-state index in [1.54, 1.807) is 6.92 Å². The maximum atomic E-state index is 10.5. The minimum absolute atomic E-state index is 0.0897. The topological polar surface area (TPSA) is 108 Å². The van der Waals surface area contributed by atoms with Crippen LogP contribution in [0.3, 0.4) is 0 Å². The van der Waals surface area contributed by atoms with Crippen molar-refractivity contribution in [3.05, 3.63) is 0 Å². The lowest BCUT2D eigenvalue weighted by Gasteiger charge is -2.02. The Balaban J connectivity index is 0. The Morgan fingerprint density at radius 1 is 1.11 bits per heavy atom. The van der Waals surface area contributed by atoms with Gasteiger partial charge >= 0.3 is 12.2 Å². The molecular weight excluding hydrogens is 240 g/mol. The summed E-state index contributed by atoms with van der Waals surface area (Å²) in [6.07, 6.45) is 1.17. The van der Waals surface area contributed by atoms with E-state index in [0.717, 1.165) is 12.8 Å². The lowest BCUT2D eigenvalue weighted by Crippen LogP contribution is -2.25. The molecule has 0 bridgehead atoms. The molecule has 0 unspecified atom stereocenters. The molecule has 0 aromatic carbocycles. The molecule has 0 aliphatic rings. The number of unbranched alkanes of at least 4 members (excludes halogenated alkanes) is 1. The third kappa shape index (κ3) is 20.0. The summed E-state index contributed by atoms with van der Waals surface area (Å²) in [4.78, 5) is 20.3. The molecule has 0 fully saturated rings. The van der Waals surface area contributed by atoms with Gasteiger partial charge in [-0.05, 0) is 19.8 Å². The van der Waals surface area contributed by atoms with E-state index in [1.807, 2.05) is 6.92 Å². The van der Waals surface area contributed by atoms with Crippen LogP contribution >= 0.6 is 0 Å². The van der Waals surface area contributed by atoms with Crippen LogP contribution in [0.25, 0.3) is 0 Å². The predicted molar refractivity (Wildman–Crippen MR) is 67.7 cm³/mol. The molecule has 0 spiro atoms. The van der Waals surface area contributed by atoms with Crippen LogP contribution in [-0.4, -0.2) is 48.7 Å². The van der Waals surface area contributed by atoms with Crippen LogP contribution in [0, 0.1) is 0 Å². The lowest BCUT2D eigenvalue weighted by molar-refractivity contribution is 0.151. The smallest absolute Gasteiger partial charge is 0.407 e. The van der Waals surface area contributed by atoms with Crippen LogP contribution < -0.4 is 10.6 Å². The summed E-state index contributed by atoms with van der Waals surface area (Å²) in [7, 11) is 0. The fourth-order valence-corrected chi connectivity index (χ4v) is 0.824. The number of aliphatic hydroxyl groups is 1. The van der Waals surface area contributed by atoms with Crippen LogP contribution in [0.1, 0.15) is 33.1 Å². The van der Waals surface area contributed by atoms with Gasteiger partial charge in [0.05, 0.1) is 6.61 Å². The van der Waals surface area contributed by atoms with Crippen molar-refractivity contribution in [3.63, 3.8) is 0 Å². The van der Waals surface area contributed by atoms with E-state index in [0.29, 0.717) is 26.1 Å². The predicted octanol–water partition coefficient (Wildman–Crippen LogP) is 1.17. The minimum Gasteiger partial charge on any atom is -0.465 e. The van der Waals surface area contributed by atoms with Crippen molar-refractivity contribution in [2.24, 2.45) is 0 Å². The van der Waals surface area contributed by atoms with Crippen LogP contribution in [0.4, 0.5) is 9.59 Å². The SMILES string of the molecule is CCCCNC(=O)O.CCOC(=O)NCCCO. The molecule has 0 aromatic rings. The molecule has 0 rings (SSSR count). The molecule has 0 radical (unpaired) electrons. The van der Waals surface area contributed by atoms with Crippen molar-refractivity contribution in [3.8, 4) is 0 Å². The maximum Gasteiger partial charge on any atom is 0.407 e. The monoisotopic (exact) mass is 264 g/mol. The molecular formula is C11H24N2O5. The molecule has 0 aliphatic carbocycles. The van der Waals surface area contributed by atoms with Crippen molar-refractivity contribution in [2.75, 3.05) is 26.3 Å². The molecule has 108 valence electrons. The molecule has 0 aromatic heterocycles. The molecule has 0 atom stereocenters. The Kier molecular flexibility index (Phi) is 16.2. The highest BCUT2D eigenvalue weighted by Crippen LogP contribution is 1.81. The zero-order valence-electron chi connectivity index (χ0n) is 11.1. The molecule has 7 heteroatoms. The lowest BCUT2D eigenvalue weighted by atomic mass is 10.3. The maximum absolute atomic E-state index is 10.5. The number of carboxylic acid groups (broad SMARTS) is 1. The molecule has 2 amide bonds. The van der Waals surface area contributed by atoms with E-state index in [-0.39, 0.29) is 6.61 Å². The number of alkyl carbamates (subject to hydrolysis) is 1. The number of carbonyl (C=O) groups excluding carboxylic acids is 1. The van der Waals surface area contributed by atoms with E-state index < -0.39 is 12.2 Å². The van der Waals surface area contributed by atoms with Crippen molar-refractivity contribution in [1.82, 2.24) is 10.6 Å². The van der Waals surface area contributed by atoms with Crippen molar-refractivity contribution < 1.29 is 24.5 Å². The van der Waals surface area contributed by atoms with Gasteiger partial charge in [-0.25, -0.2) is 9.59 Å². The average molecular weight is 264 g/mol. The van der Waals surface area contributed by atoms with Crippen molar-refractivity contribution in [1.29, 1.82) is 0 Å². The molecule has 0 heterocycles. The first-order valence-corrected chi connectivity index (χ1v) is 6.06. The third-order valence-electron chi connectivity index (χ3n) is 1.69. The number of carbonyl (C=O) groups is 2. The normalized spacial score (nSPS) is 8.83. The van der Waals surface area contributed by atoms with Gasteiger partial charge in [-0.1, -0.05) is 13.3 Å². The van der Waals surface area contributed by atoms with Crippen LogP contribution in [0.5, 0.6) is 0 Å². The van der Waals surface area contributed by atoms with Crippen molar-refractivity contribution in [2.45, 2.75) is 33.1 Å². The summed E-state index contributed by atoms with van der Waals surface area (Å²) < 4.78 is 4.56. The summed E-state index contributed by atoms with van der Waals surface area (Å²) >= 11 is 0. The zero-order valence-corrected chi connectivity index (χ0v) is 11.1. The van der Waals surface area contributed by atoms with Gasteiger partial charge in [0.15, 0.2) is 0 Å². The van der Waals surface area contributed by atoms with Gasteiger partial charge in [0.25, 0.3) is 0 Å². The van der Waals surface area contributed by atoms with E-state index in [2.05, 4.69) is 15.4 Å². The molecule has 0 saturated carbocycles. The number of hydrogen-bond acceptors (Lipinski definition) is 4. The van der Waals surface area contributed by atoms with Gasteiger partial charge in [-0.15, -0.1) is 0 Å². The number of nitrogens with one attached hydrogen (secondary N) is 2. The highest BCUT2D eigenvalue weighted by Gasteiger charge is 1.96. The van der Waals surface area contributed by atoms with Gasteiger partial charge in [-0.3, -0.25) is 0 Å². The van der Waals surface area contributed by atoms with Gasteiger partial charge < -0.3 is 25.6 Å². The fourth-order valence-electron chi connectivity index (χ4n) is 0.824. The highest BCUT2D eigenvalue weighted by atomic mass is 16.5. The summed E-state index contributed by atoms with van der Waals surface area (Å²) in [5, 5.41) is 21.1. The Morgan fingerprint density at radius 3 is 2.17 bits per heavy atom. The van der Waals surface area contributed by atoms with E-state index in [1.165, 1.54) is 0 Å². The first-order chi connectivity index (χ1) is 8.58. The summed E-state index contributed by atoms with van der Waals surface area (Å²) in [5.74, 6) is 0. The summed E-state index contributed by atoms with van der Waals surface area (Å²) in [6, 6.07) is 0. The largest absolute Gasteiger partial charge is 0.465 e. The van der Waals surface area contributed by atoms with E-state index >= 15 is 0 Å². The Morgan fingerprint density at radius 2 is 1.72 bits per heavy atom. The summed E-state index contributed by atoms with van der Waals surface area (Å²) in [5.41, 5.74) is 0. The van der Waals surface area contributed by atoms with Gasteiger partial charge in [0, 0.05) is 19.7 Å². The van der Waals surface area contributed by atoms with Crippen LogP contribution in [-0.2, 0) is 4.74 Å². The molecule has 0 saturated heterocycles. The second-order valence-electron chi connectivity index (χ2n) is 3.31. The van der Waals surface area contributed by atoms with Gasteiger partial charge in [-0.2, -0.15) is 0 Å². The number of aliphatic hydroxyl groups excluding tert-OH is 1. The Bertz CT molecular complexity index is 212. The van der Waals surface area contributed by atoms with Crippen LogP contribution in [0.15, 0.2) is 0 Å². The third-order valence-corrected chi connectivity index (χ3v) is 1.69. The number of rotatable bonds is 7. The first kappa shape index (κ1) is 18.9. The second-order valence-corrected chi connectivity index (χ2v) is 3.31. The summed E-state index contributed by atoms with van der Waals surface area (Å²) in [6.45, 7) is 5.27. The van der Waals surface area contributed by atoms with Crippen molar-refractivity contribution >= 4 is 12.2 Å². The first-order valence-electron chi connectivity index (χ1n) is 6.06. The van der Waals surface area contributed by atoms with E-state index in [4.69, 9.17) is 10.2 Å². The zero-order chi connectivity index (χ0) is 14.2. The number of amides is 2.